The quantitative estimate of drug-likeness (QED) is 0.703. The van der Waals surface area contributed by atoms with Crippen LogP contribution in [0.5, 0.6) is 0 Å². The van der Waals surface area contributed by atoms with Gasteiger partial charge in [-0.3, -0.25) is 0 Å². The third kappa shape index (κ3) is 5.84. The van der Waals surface area contributed by atoms with Crippen LogP contribution in [0.4, 0.5) is 0 Å². The molecule has 0 aromatic carbocycles. The van der Waals surface area contributed by atoms with Crippen LogP contribution in [-0.2, 0) is 0 Å². The van der Waals surface area contributed by atoms with Gasteiger partial charge in [-0.25, -0.2) is 0 Å². The molecule has 102 valence electrons. The molecule has 1 aliphatic heterocycles. The van der Waals surface area contributed by atoms with Gasteiger partial charge in [0.05, 0.1) is 0 Å². The van der Waals surface area contributed by atoms with Crippen molar-refractivity contribution in [2.75, 3.05) is 45.9 Å². The highest BCUT2D eigenvalue weighted by Gasteiger charge is 2.15. The highest BCUT2D eigenvalue weighted by atomic mass is 16.3. The molecular formula is C14H30N2O. The molecule has 0 spiro atoms. The van der Waals surface area contributed by atoms with Gasteiger partial charge in [-0.15, -0.1) is 0 Å². The van der Waals surface area contributed by atoms with Gasteiger partial charge in [0.25, 0.3) is 0 Å². The number of aliphatic hydroxyl groups excluding tert-OH is 1. The van der Waals surface area contributed by atoms with Gasteiger partial charge in [0.1, 0.15) is 0 Å². The van der Waals surface area contributed by atoms with Gasteiger partial charge >= 0.3 is 0 Å². The van der Waals surface area contributed by atoms with E-state index < -0.39 is 0 Å². The van der Waals surface area contributed by atoms with Gasteiger partial charge in [0.15, 0.2) is 0 Å². The average Bonchev–Trinajstić information content (AvgIpc) is 2.38. The second-order valence-corrected chi connectivity index (χ2v) is 5.20. The van der Waals surface area contributed by atoms with Crippen molar-refractivity contribution in [3.8, 4) is 0 Å². The van der Waals surface area contributed by atoms with Gasteiger partial charge in [-0.1, -0.05) is 20.3 Å². The molecule has 1 aliphatic rings. The molecule has 1 fully saturated rings. The zero-order chi connectivity index (χ0) is 12.5. The lowest BCUT2D eigenvalue weighted by atomic mass is 9.97. The number of rotatable bonds is 8. The molecule has 3 heteroatoms. The number of hydrogen-bond donors (Lipinski definition) is 1. The molecule has 0 bridgehead atoms. The Morgan fingerprint density at radius 1 is 1.00 bits per heavy atom. The molecule has 1 saturated heterocycles. The van der Waals surface area contributed by atoms with Crippen LogP contribution in [0.2, 0.25) is 0 Å². The summed E-state index contributed by atoms with van der Waals surface area (Å²) in [4.78, 5) is 5.12. The molecule has 1 unspecified atom stereocenters. The zero-order valence-corrected chi connectivity index (χ0v) is 11.7. The second kappa shape index (κ2) is 8.90. The van der Waals surface area contributed by atoms with E-state index in [2.05, 4.69) is 23.6 Å². The Morgan fingerprint density at radius 3 is 2.18 bits per heavy atom. The maximum absolute atomic E-state index is 8.96. The van der Waals surface area contributed by atoms with Crippen molar-refractivity contribution in [2.45, 2.75) is 39.5 Å². The van der Waals surface area contributed by atoms with E-state index in [0.29, 0.717) is 6.61 Å². The molecule has 1 rings (SSSR count). The van der Waals surface area contributed by atoms with Crippen LogP contribution >= 0.6 is 0 Å². The number of hydrogen-bond acceptors (Lipinski definition) is 3. The molecule has 0 saturated carbocycles. The topological polar surface area (TPSA) is 26.7 Å². The summed E-state index contributed by atoms with van der Waals surface area (Å²) in [5.41, 5.74) is 0. The minimum atomic E-state index is 0.355. The molecular weight excluding hydrogens is 212 g/mol. The summed E-state index contributed by atoms with van der Waals surface area (Å²) in [6.45, 7) is 12.2. The smallest absolute Gasteiger partial charge is 0.0433 e. The van der Waals surface area contributed by atoms with Gasteiger partial charge < -0.3 is 14.9 Å². The Morgan fingerprint density at radius 2 is 1.65 bits per heavy atom. The third-order valence-electron chi connectivity index (χ3n) is 4.11. The van der Waals surface area contributed by atoms with Gasteiger partial charge in [0.2, 0.25) is 0 Å². The average molecular weight is 242 g/mol. The molecule has 1 heterocycles. The number of nitrogens with zero attached hydrogens (tertiary/aromatic N) is 2. The lowest BCUT2D eigenvalue weighted by Gasteiger charge is -2.34. The Labute approximate surface area is 107 Å². The summed E-state index contributed by atoms with van der Waals surface area (Å²) in [6.07, 6.45) is 4.78. The fourth-order valence-corrected chi connectivity index (χ4v) is 2.67. The van der Waals surface area contributed by atoms with Crippen LogP contribution in [0.1, 0.15) is 39.5 Å². The van der Waals surface area contributed by atoms with E-state index in [-0.39, 0.29) is 0 Å². The van der Waals surface area contributed by atoms with Crippen molar-refractivity contribution in [1.29, 1.82) is 0 Å². The van der Waals surface area contributed by atoms with E-state index in [4.69, 9.17) is 5.11 Å². The van der Waals surface area contributed by atoms with E-state index in [0.717, 1.165) is 12.3 Å². The standard InChI is InChI=1S/C14H30N2O/c1-3-14(7-13-17)6-5-8-16-11-9-15(4-2)10-12-16/h14,17H,3-13H2,1-2H3. The minimum Gasteiger partial charge on any atom is -0.396 e. The molecule has 17 heavy (non-hydrogen) atoms. The first-order valence-corrected chi connectivity index (χ1v) is 7.35. The molecule has 0 amide bonds. The summed E-state index contributed by atoms with van der Waals surface area (Å²) in [5.74, 6) is 0.733. The second-order valence-electron chi connectivity index (χ2n) is 5.20. The van der Waals surface area contributed by atoms with Crippen molar-refractivity contribution in [3.05, 3.63) is 0 Å². The summed E-state index contributed by atoms with van der Waals surface area (Å²) in [5, 5.41) is 8.96. The molecule has 0 aliphatic carbocycles. The van der Waals surface area contributed by atoms with Crippen LogP contribution in [0.3, 0.4) is 0 Å². The summed E-state index contributed by atoms with van der Waals surface area (Å²) in [6, 6.07) is 0. The fourth-order valence-electron chi connectivity index (χ4n) is 2.67. The van der Waals surface area contributed by atoms with Crippen molar-refractivity contribution >= 4 is 0 Å². The van der Waals surface area contributed by atoms with Crippen LogP contribution in [0.15, 0.2) is 0 Å². The van der Waals surface area contributed by atoms with Crippen molar-refractivity contribution < 1.29 is 5.11 Å². The first-order valence-electron chi connectivity index (χ1n) is 7.35. The van der Waals surface area contributed by atoms with Crippen LogP contribution in [0, 0.1) is 5.92 Å². The molecule has 0 aromatic heterocycles. The van der Waals surface area contributed by atoms with E-state index in [1.807, 2.05) is 0 Å². The van der Waals surface area contributed by atoms with Crippen LogP contribution in [0.25, 0.3) is 0 Å². The van der Waals surface area contributed by atoms with Crippen LogP contribution in [-0.4, -0.2) is 60.8 Å². The van der Waals surface area contributed by atoms with E-state index >= 15 is 0 Å². The van der Waals surface area contributed by atoms with Gasteiger partial charge in [0, 0.05) is 32.8 Å². The highest BCUT2D eigenvalue weighted by molar-refractivity contribution is 4.71. The van der Waals surface area contributed by atoms with Crippen molar-refractivity contribution in [3.63, 3.8) is 0 Å². The van der Waals surface area contributed by atoms with E-state index in [1.165, 1.54) is 58.5 Å². The summed E-state index contributed by atoms with van der Waals surface area (Å²) in [7, 11) is 0. The van der Waals surface area contributed by atoms with Crippen molar-refractivity contribution in [1.82, 2.24) is 9.80 Å². The molecule has 0 radical (unpaired) electrons. The SMILES string of the molecule is CCC(CCO)CCCN1CCN(CC)CC1. The molecule has 3 nitrogen and oxygen atoms in total. The predicted octanol–water partition coefficient (Wildman–Crippen LogP) is 1.81. The lowest BCUT2D eigenvalue weighted by Crippen LogP contribution is -2.46. The summed E-state index contributed by atoms with van der Waals surface area (Å²) < 4.78 is 0. The van der Waals surface area contributed by atoms with Gasteiger partial charge in [-0.05, 0) is 38.3 Å². The first kappa shape index (κ1) is 14.9. The maximum atomic E-state index is 8.96. The van der Waals surface area contributed by atoms with E-state index in [9.17, 15) is 0 Å². The van der Waals surface area contributed by atoms with Gasteiger partial charge in [-0.2, -0.15) is 0 Å². The maximum Gasteiger partial charge on any atom is 0.0433 e. The zero-order valence-electron chi connectivity index (χ0n) is 11.7. The molecule has 0 aromatic rings. The monoisotopic (exact) mass is 242 g/mol. The third-order valence-corrected chi connectivity index (χ3v) is 4.11. The largest absolute Gasteiger partial charge is 0.396 e. The highest BCUT2D eigenvalue weighted by Crippen LogP contribution is 2.15. The Bertz CT molecular complexity index is 179. The Kier molecular flexibility index (Phi) is 7.82. The number of likely N-dealkylation sites (N-methyl/N-ethyl adjacent to an activating group) is 1. The molecule has 1 atom stereocenters. The predicted molar refractivity (Wildman–Crippen MR) is 73.3 cm³/mol. The lowest BCUT2D eigenvalue weighted by molar-refractivity contribution is 0.133. The first-order chi connectivity index (χ1) is 8.30. The number of piperazine rings is 1. The Hall–Kier alpha value is -0.120. The normalized spacial score (nSPS) is 20.6. The summed E-state index contributed by atoms with van der Waals surface area (Å²) >= 11 is 0. The molecule has 1 N–H and O–H groups in total. The minimum absolute atomic E-state index is 0.355. The van der Waals surface area contributed by atoms with E-state index in [1.54, 1.807) is 0 Å². The van der Waals surface area contributed by atoms with Crippen molar-refractivity contribution in [2.24, 2.45) is 5.92 Å². The van der Waals surface area contributed by atoms with Crippen LogP contribution < -0.4 is 0 Å². The fraction of sp³-hybridized carbons (Fsp3) is 1.00. The Balaban J connectivity index is 2.06. The number of aliphatic hydroxyl groups is 1.